The van der Waals surface area contributed by atoms with Gasteiger partial charge in [-0.3, -0.25) is 4.79 Å². The molecule has 0 fully saturated rings. The lowest BCUT2D eigenvalue weighted by Gasteiger charge is -2.35. The van der Waals surface area contributed by atoms with Gasteiger partial charge in [0.1, 0.15) is 22.7 Å². The van der Waals surface area contributed by atoms with Gasteiger partial charge in [0.05, 0.1) is 11.8 Å². The van der Waals surface area contributed by atoms with Gasteiger partial charge < -0.3 is 14.9 Å². The summed E-state index contributed by atoms with van der Waals surface area (Å²) in [5.74, 6) is -0.0928. The van der Waals surface area contributed by atoms with Crippen LogP contribution in [-0.4, -0.2) is 21.6 Å². The van der Waals surface area contributed by atoms with Crippen LogP contribution in [0.1, 0.15) is 82.6 Å². The zero-order valence-corrected chi connectivity index (χ0v) is 16.0. The number of aliphatic hydroxyl groups excluding tert-OH is 1. The molecule has 4 nitrogen and oxygen atoms in total. The summed E-state index contributed by atoms with van der Waals surface area (Å²) in [6, 6.07) is 3.52. The molecule has 1 heterocycles. The molecule has 0 amide bonds. The first-order chi connectivity index (χ1) is 11.6. The van der Waals surface area contributed by atoms with Gasteiger partial charge in [0.2, 0.25) is 5.78 Å². The van der Waals surface area contributed by atoms with Crippen molar-refractivity contribution in [2.45, 2.75) is 77.7 Å². The molecule has 0 atom stereocenters. The van der Waals surface area contributed by atoms with Crippen LogP contribution in [0, 0.1) is 0 Å². The van der Waals surface area contributed by atoms with Crippen LogP contribution in [-0.2, 0) is 5.41 Å². The van der Waals surface area contributed by atoms with Crippen LogP contribution in [0.3, 0.4) is 0 Å². The van der Waals surface area contributed by atoms with Crippen molar-refractivity contribution in [1.82, 2.24) is 0 Å². The van der Waals surface area contributed by atoms with E-state index in [1.54, 1.807) is 19.9 Å². The Kier molecular flexibility index (Phi) is 5.50. The number of aliphatic hydroxyl groups is 1. The van der Waals surface area contributed by atoms with Gasteiger partial charge in [-0.15, -0.1) is 0 Å². The summed E-state index contributed by atoms with van der Waals surface area (Å²) in [6.45, 7) is 9.95. The number of phenolic OH excluding ortho intramolecular Hbond substituents is 1. The van der Waals surface area contributed by atoms with E-state index in [1.165, 1.54) is 19.3 Å². The second-order valence-electron chi connectivity index (χ2n) is 8.05. The molecule has 4 heteroatoms. The van der Waals surface area contributed by atoms with Gasteiger partial charge in [0.15, 0.2) is 0 Å². The van der Waals surface area contributed by atoms with Gasteiger partial charge in [0.25, 0.3) is 0 Å². The highest BCUT2D eigenvalue weighted by molar-refractivity contribution is 6.14. The van der Waals surface area contributed by atoms with Crippen LogP contribution in [0.5, 0.6) is 11.5 Å². The Hall–Kier alpha value is -1.97. The van der Waals surface area contributed by atoms with Gasteiger partial charge in [0, 0.05) is 0 Å². The van der Waals surface area contributed by atoms with Gasteiger partial charge in [-0.25, -0.2) is 0 Å². The Morgan fingerprint density at radius 3 is 2.48 bits per heavy atom. The quantitative estimate of drug-likeness (QED) is 0.409. The van der Waals surface area contributed by atoms with Crippen LogP contribution >= 0.6 is 0 Å². The maximum atomic E-state index is 12.6. The van der Waals surface area contributed by atoms with Crippen LogP contribution in [0.25, 0.3) is 0 Å². The number of fused-ring (bicyclic) bond motifs is 1. The van der Waals surface area contributed by atoms with Crippen molar-refractivity contribution in [3.63, 3.8) is 0 Å². The molecule has 2 N–H and O–H groups in total. The molecule has 0 aromatic heterocycles. The van der Waals surface area contributed by atoms with E-state index >= 15 is 0 Å². The predicted molar refractivity (Wildman–Crippen MR) is 99.6 cm³/mol. The highest BCUT2D eigenvalue weighted by Gasteiger charge is 2.40. The SMILES string of the molecule is CCCCCCC(C)(C)c1cc(O)c2c(c1)OC(C)(C)/C(=C/O)C2=O. The lowest BCUT2D eigenvalue weighted by Crippen LogP contribution is -2.39. The van der Waals surface area contributed by atoms with E-state index in [9.17, 15) is 15.0 Å². The normalized spacial score (nSPS) is 18.1. The summed E-state index contributed by atoms with van der Waals surface area (Å²) in [4.78, 5) is 12.6. The van der Waals surface area contributed by atoms with Crippen molar-refractivity contribution in [3.05, 3.63) is 35.1 Å². The Bertz CT molecular complexity index is 683. The molecule has 1 aliphatic rings. The lowest BCUT2D eigenvalue weighted by atomic mass is 9.78. The molecule has 2 rings (SSSR count). The van der Waals surface area contributed by atoms with E-state index in [0.717, 1.165) is 24.7 Å². The summed E-state index contributed by atoms with van der Waals surface area (Å²) in [6.07, 6.45) is 6.53. The van der Waals surface area contributed by atoms with Crippen molar-refractivity contribution in [2.75, 3.05) is 0 Å². The average molecular weight is 346 g/mol. The molecule has 1 aromatic carbocycles. The van der Waals surface area contributed by atoms with Crippen LogP contribution in [0.4, 0.5) is 0 Å². The van der Waals surface area contributed by atoms with E-state index in [1.807, 2.05) is 6.07 Å². The molecule has 0 spiro atoms. The highest BCUT2D eigenvalue weighted by atomic mass is 16.5. The van der Waals surface area contributed by atoms with E-state index in [4.69, 9.17) is 4.74 Å². The molecule has 0 bridgehead atoms. The lowest BCUT2D eigenvalue weighted by molar-refractivity contribution is 0.0837. The summed E-state index contributed by atoms with van der Waals surface area (Å²) >= 11 is 0. The van der Waals surface area contributed by atoms with Crippen LogP contribution in [0.2, 0.25) is 0 Å². The van der Waals surface area contributed by atoms with Crippen LogP contribution in [0.15, 0.2) is 24.0 Å². The molecule has 0 unspecified atom stereocenters. The number of carbonyl (C=O) groups is 1. The van der Waals surface area contributed by atoms with E-state index in [2.05, 4.69) is 20.8 Å². The maximum Gasteiger partial charge on any atom is 0.203 e. The minimum atomic E-state index is -0.935. The standard InChI is InChI=1S/C21H30O4/c1-6-7-8-9-10-20(2,3)14-11-16(23)18-17(12-14)25-21(4,5)15(13-22)19(18)24/h11-13,22-23H,6-10H2,1-5H3/b15-13+. The number of hydrogen-bond donors (Lipinski definition) is 2. The third-order valence-corrected chi connectivity index (χ3v) is 5.13. The highest BCUT2D eigenvalue weighted by Crippen LogP contribution is 2.44. The van der Waals surface area contributed by atoms with Crippen molar-refractivity contribution in [1.29, 1.82) is 0 Å². The fraction of sp³-hybridized carbons (Fsp3) is 0.571. The Balaban J connectivity index is 2.37. The topological polar surface area (TPSA) is 66.8 Å². The zero-order valence-electron chi connectivity index (χ0n) is 16.0. The van der Waals surface area contributed by atoms with Crippen LogP contribution < -0.4 is 4.74 Å². The molecular formula is C21H30O4. The van der Waals surface area contributed by atoms with Crippen molar-refractivity contribution >= 4 is 5.78 Å². The number of Topliss-reactive ketones (excluding diaryl/α,β-unsaturated/α-hetero) is 1. The molecular weight excluding hydrogens is 316 g/mol. The summed E-state index contributed by atoms with van der Waals surface area (Å²) in [5, 5.41) is 19.8. The van der Waals surface area contributed by atoms with Gasteiger partial charge >= 0.3 is 0 Å². The third-order valence-electron chi connectivity index (χ3n) is 5.13. The molecule has 0 saturated heterocycles. The Morgan fingerprint density at radius 1 is 1.20 bits per heavy atom. The number of rotatable bonds is 6. The largest absolute Gasteiger partial charge is 0.515 e. The van der Waals surface area contributed by atoms with Crippen molar-refractivity contribution in [3.8, 4) is 11.5 Å². The second-order valence-corrected chi connectivity index (χ2v) is 8.05. The number of ketones is 1. The number of benzene rings is 1. The molecule has 1 aromatic rings. The summed E-state index contributed by atoms with van der Waals surface area (Å²) in [7, 11) is 0. The number of phenols is 1. The number of carbonyl (C=O) groups excluding carboxylic acids is 1. The smallest absolute Gasteiger partial charge is 0.203 e. The molecule has 0 saturated carbocycles. The van der Waals surface area contributed by atoms with E-state index in [0.29, 0.717) is 5.75 Å². The number of unbranched alkanes of at least 4 members (excludes halogenated alkanes) is 3. The monoisotopic (exact) mass is 346 g/mol. The van der Waals surface area contributed by atoms with E-state index < -0.39 is 11.4 Å². The first-order valence-electron chi connectivity index (χ1n) is 9.10. The molecule has 0 radical (unpaired) electrons. The number of hydrogen-bond acceptors (Lipinski definition) is 4. The van der Waals surface area contributed by atoms with Crippen molar-refractivity contribution < 1.29 is 19.7 Å². The molecule has 1 aliphatic heterocycles. The van der Waals surface area contributed by atoms with E-state index in [-0.39, 0.29) is 22.3 Å². The van der Waals surface area contributed by atoms with Gasteiger partial charge in [-0.2, -0.15) is 0 Å². The molecule has 0 aliphatic carbocycles. The minimum absolute atomic E-state index is 0.0889. The fourth-order valence-electron chi connectivity index (χ4n) is 3.39. The fourth-order valence-corrected chi connectivity index (χ4v) is 3.39. The Morgan fingerprint density at radius 2 is 1.88 bits per heavy atom. The first kappa shape index (κ1) is 19.4. The predicted octanol–water partition coefficient (Wildman–Crippen LogP) is 5.44. The molecule has 25 heavy (non-hydrogen) atoms. The third kappa shape index (κ3) is 3.83. The first-order valence-corrected chi connectivity index (χ1v) is 9.10. The average Bonchev–Trinajstić information content (AvgIpc) is 2.50. The maximum absolute atomic E-state index is 12.6. The minimum Gasteiger partial charge on any atom is -0.515 e. The number of aromatic hydroxyl groups is 1. The van der Waals surface area contributed by atoms with Gasteiger partial charge in [-0.1, -0.05) is 46.5 Å². The summed E-state index contributed by atoms with van der Waals surface area (Å²) < 4.78 is 5.94. The second kappa shape index (κ2) is 7.11. The van der Waals surface area contributed by atoms with Gasteiger partial charge in [-0.05, 0) is 43.4 Å². The number of ether oxygens (including phenoxy) is 1. The van der Waals surface area contributed by atoms with Crippen molar-refractivity contribution in [2.24, 2.45) is 0 Å². The Labute approximate surface area is 150 Å². The zero-order chi connectivity index (χ0) is 18.8. The molecule has 138 valence electrons. The summed E-state index contributed by atoms with van der Waals surface area (Å²) in [5.41, 5.74) is 0.173.